The molecule has 2 bridgehead atoms. The Labute approximate surface area is 203 Å². The summed E-state index contributed by atoms with van der Waals surface area (Å²) in [5, 5.41) is 18.1. The molecular formula is C25H42N6O3. The fourth-order valence-electron chi connectivity index (χ4n) is 5.92. The summed E-state index contributed by atoms with van der Waals surface area (Å²) >= 11 is 0. The summed E-state index contributed by atoms with van der Waals surface area (Å²) in [6.45, 7) is 10.6. The van der Waals surface area contributed by atoms with Crippen molar-refractivity contribution in [1.82, 2.24) is 30.9 Å². The van der Waals surface area contributed by atoms with Crippen LogP contribution >= 0.6 is 0 Å². The first-order chi connectivity index (χ1) is 16.0. The Balaban J connectivity index is 1.42. The van der Waals surface area contributed by atoms with Gasteiger partial charge in [-0.05, 0) is 84.0 Å². The van der Waals surface area contributed by atoms with Gasteiger partial charge >= 0.3 is 6.03 Å². The van der Waals surface area contributed by atoms with E-state index in [0.29, 0.717) is 12.0 Å². The molecule has 1 aromatic rings. The van der Waals surface area contributed by atoms with Crippen LogP contribution in [0, 0.1) is 11.8 Å². The SMILES string of the molecule is CC(C)[C@H](NC(=O)NC(C)(C)C)C(=O)NC12CCC(CC1n1cc(CCC3CCCO3)nn1)C2. The molecule has 2 heterocycles. The summed E-state index contributed by atoms with van der Waals surface area (Å²) < 4.78 is 7.72. The van der Waals surface area contributed by atoms with Crippen LogP contribution in [0.5, 0.6) is 0 Å². The third kappa shape index (κ3) is 5.73. The van der Waals surface area contributed by atoms with Gasteiger partial charge in [-0.25, -0.2) is 9.48 Å². The summed E-state index contributed by atoms with van der Waals surface area (Å²) in [5.41, 5.74) is 0.279. The number of amides is 3. The van der Waals surface area contributed by atoms with E-state index in [4.69, 9.17) is 4.74 Å². The number of aromatic nitrogens is 3. The maximum atomic E-state index is 13.4. The van der Waals surface area contributed by atoms with Gasteiger partial charge in [-0.2, -0.15) is 0 Å². The molecule has 3 fully saturated rings. The Morgan fingerprint density at radius 2 is 2.09 bits per heavy atom. The standard InChI is InChI=1S/C25H42N6O3/c1-16(2)21(26-23(33)28-24(3,4)5)22(32)27-25-11-10-17(14-25)13-20(25)31-15-18(29-30-31)8-9-19-7-6-12-34-19/h15-17,19-21H,6-14H2,1-5H3,(H,27,32)(H2,26,28,33)/t17?,19?,20?,21-,25?/m0/s1. The van der Waals surface area contributed by atoms with Crippen LogP contribution in [0.25, 0.3) is 0 Å². The van der Waals surface area contributed by atoms with Crippen LogP contribution < -0.4 is 16.0 Å². The van der Waals surface area contributed by atoms with E-state index >= 15 is 0 Å². The Bertz CT molecular complexity index is 872. The second-order valence-corrected chi connectivity index (χ2v) is 11.9. The molecule has 5 atom stereocenters. The van der Waals surface area contributed by atoms with Gasteiger partial charge in [0.2, 0.25) is 5.91 Å². The van der Waals surface area contributed by atoms with E-state index in [1.807, 2.05) is 39.3 Å². The summed E-state index contributed by atoms with van der Waals surface area (Å²) in [6, 6.07) is -0.830. The van der Waals surface area contributed by atoms with E-state index in [-0.39, 0.29) is 35.0 Å². The zero-order chi connectivity index (χ0) is 24.5. The predicted molar refractivity (Wildman–Crippen MR) is 129 cm³/mol. The van der Waals surface area contributed by atoms with E-state index in [1.54, 1.807) is 0 Å². The zero-order valence-electron chi connectivity index (χ0n) is 21.4. The van der Waals surface area contributed by atoms with Gasteiger partial charge in [-0.15, -0.1) is 5.10 Å². The average molecular weight is 475 g/mol. The highest BCUT2D eigenvalue weighted by molar-refractivity contribution is 5.88. The Morgan fingerprint density at radius 1 is 1.29 bits per heavy atom. The van der Waals surface area contributed by atoms with E-state index in [0.717, 1.165) is 63.7 Å². The van der Waals surface area contributed by atoms with Gasteiger partial charge in [0.15, 0.2) is 0 Å². The monoisotopic (exact) mass is 474 g/mol. The molecule has 0 aromatic carbocycles. The number of nitrogens with one attached hydrogen (secondary N) is 3. The number of ether oxygens (including phenoxy) is 1. The minimum absolute atomic E-state index is 0.0325. The third-order valence-electron chi connectivity index (χ3n) is 7.57. The third-order valence-corrected chi connectivity index (χ3v) is 7.57. The van der Waals surface area contributed by atoms with Gasteiger partial charge in [-0.3, -0.25) is 4.79 Å². The topological polar surface area (TPSA) is 110 Å². The number of carbonyl (C=O) groups is 2. The maximum Gasteiger partial charge on any atom is 0.315 e. The summed E-state index contributed by atoms with van der Waals surface area (Å²) in [5.74, 6) is 0.430. The van der Waals surface area contributed by atoms with Crippen molar-refractivity contribution in [2.24, 2.45) is 11.8 Å². The number of nitrogens with zero attached hydrogens (tertiary/aromatic N) is 3. The first-order valence-corrected chi connectivity index (χ1v) is 13.0. The van der Waals surface area contributed by atoms with Gasteiger partial charge in [-0.1, -0.05) is 19.1 Å². The molecule has 190 valence electrons. The van der Waals surface area contributed by atoms with Gasteiger partial charge in [0.05, 0.1) is 23.4 Å². The number of hydrogen-bond donors (Lipinski definition) is 3. The highest BCUT2D eigenvalue weighted by Crippen LogP contribution is 2.53. The lowest BCUT2D eigenvalue weighted by Gasteiger charge is -2.37. The number of urea groups is 1. The molecule has 34 heavy (non-hydrogen) atoms. The minimum atomic E-state index is -0.602. The molecule has 3 N–H and O–H groups in total. The largest absolute Gasteiger partial charge is 0.378 e. The molecule has 9 nitrogen and oxygen atoms in total. The molecule has 2 saturated carbocycles. The molecule has 2 aliphatic carbocycles. The van der Waals surface area contributed by atoms with E-state index in [2.05, 4.69) is 32.5 Å². The number of hydrogen-bond acceptors (Lipinski definition) is 5. The van der Waals surface area contributed by atoms with E-state index in [1.165, 1.54) is 0 Å². The fraction of sp³-hybridized carbons (Fsp3) is 0.840. The number of carbonyl (C=O) groups excluding carboxylic acids is 2. The van der Waals surface area contributed by atoms with Crippen LogP contribution in [0.4, 0.5) is 4.79 Å². The molecule has 1 aromatic heterocycles. The van der Waals surface area contributed by atoms with Crippen molar-refractivity contribution in [2.75, 3.05) is 6.61 Å². The van der Waals surface area contributed by atoms with E-state index < -0.39 is 6.04 Å². The lowest BCUT2D eigenvalue weighted by atomic mass is 9.87. The molecule has 0 spiro atoms. The van der Waals surface area contributed by atoms with Crippen LogP contribution in [0.15, 0.2) is 6.20 Å². The number of aryl methyl sites for hydroxylation is 1. The van der Waals surface area contributed by atoms with Crippen molar-refractivity contribution < 1.29 is 14.3 Å². The summed E-state index contributed by atoms with van der Waals surface area (Å²) in [4.78, 5) is 25.9. The lowest BCUT2D eigenvalue weighted by molar-refractivity contribution is -0.126. The van der Waals surface area contributed by atoms with Gasteiger partial charge < -0.3 is 20.7 Å². The minimum Gasteiger partial charge on any atom is -0.378 e. The first-order valence-electron chi connectivity index (χ1n) is 13.0. The Morgan fingerprint density at radius 3 is 2.74 bits per heavy atom. The van der Waals surface area contributed by atoms with Crippen LogP contribution in [-0.2, 0) is 16.0 Å². The van der Waals surface area contributed by atoms with Crippen LogP contribution in [0.1, 0.15) is 91.3 Å². The Kier molecular flexibility index (Phi) is 7.22. The lowest BCUT2D eigenvalue weighted by Crippen LogP contribution is -2.60. The quantitative estimate of drug-likeness (QED) is 0.536. The van der Waals surface area contributed by atoms with Gasteiger partial charge in [0, 0.05) is 18.3 Å². The van der Waals surface area contributed by atoms with Gasteiger partial charge in [0.25, 0.3) is 0 Å². The first kappa shape index (κ1) is 24.9. The Hall–Kier alpha value is -2.16. The second-order valence-electron chi connectivity index (χ2n) is 11.9. The summed E-state index contributed by atoms with van der Waals surface area (Å²) in [6.07, 6.45) is 10.5. The van der Waals surface area contributed by atoms with Crippen molar-refractivity contribution in [1.29, 1.82) is 0 Å². The second kappa shape index (κ2) is 9.84. The molecule has 1 aliphatic heterocycles. The molecule has 9 heteroatoms. The van der Waals surface area contributed by atoms with E-state index in [9.17, 15) is 9.59 Å². The van der Waals surface area contributed by atoms with Crippen LogP contribution in [0.2, 0.25) is 0 Å². The fourth-order valence-corrected chi connectivity index (χ4v) is 5.92. The molecule has 0 radical (unpaired) electrons. The maximum absolute atomic E-state index is 13.4. The molecule has 4 unspecified atom stereocenters. The normalized spacial score (nSPS) is 29.4. The predicted octanol–water partition coefficient (Wildman–Crippen LogP) is 3.11. The summed E-state index contributed by atoms with van der Waals surface area (Å²) in [7, 11) is 0. The van der Waals surface area contributed by atoms with Crippen molar-refractivity contribution in [3.05, 3.63) is 11.9 Å². The highest BCUT2D eigenvalue weighted by atomic mass is 16.5. The number of rotatable bonds is 8. The molecule has 3 amide bonds. The molecule has 3 aliphatic rings. The van der Waals surface area contributed by atoms with Gasteiger partial charge in [0.1, 0.15) is 6.04 Å². The average Bonchev–Trinajstić information content (AvgIpc) is 3.52. The molecule has 1 saturated heterocycles. The van der Waals surface area contributed by atoms with Crippen molar-refractivity contribution in [2.45, 2.75) is 115 Å². The number of fused-ring (bicyclic) bond motifs is 2. The molecule has 4 rings (SSSR count). The van der Waals surface area contributed by atoms with Crippen molar-refractivity contribution in [3.8, 4) is 0 Å². The van der Waals surface area contributed by atoms with Crippen LogP contribution in [0.3, 0.4) is 0 Å². The highest BCUT2D eigenvalue weighted by Gasteiger charge is 2.54. The van der Waals surface area contributed by atoms with Crippen LogP contribution in [-0.4, -0.2) is 56.8 Å². The van der Waals surface area contributed by atoms with Crippen molar-refractivity contribution in [3.63, 3.8) is 0 Å². The zero-order valence-corrected chi connectivity index (χ0v) is 21.4. The smallest absolute Gasteiger partial charge is 0.315 e. The molecular weight excluding hydrogens is 432 g/mol. The van der Waals surface area contributed by atoms with Crippen molar-refractivity contribution >= 4 is 11.9 Å².